The van der Waals surface area contributed by atoms with Crippen LogP contribution in [0.4, 0.5) is 27.5 Å². The average Bonchev–Trinajstić information content (AvgIpc) is 2.93. The third kappa shape index (κ3) is 3.34. The van der Waals surface area contributed by atoms with Gasteiger partial charge >= 0.3 is 6.03 Å². The molecule has 3 heterocycles. The Morgan fingerprint density at radius 1 is 0.811 bits per heavy atom. The standard InChI is InChI=1S/C28H24N4O5/c33-25-28(18-19-17-22(32(36)37)14-15-23(19)29-16-8-7-13-24(28)29)26(34)31(21-11-5-2-6-12-21)27(35)30(25)20-9-3-1-4-10-20/h1-6,9-12,14-15,17,24H,7-8,13,16,18H2. The number of nitro groups is 1. The molecule has 3 aliphatic heterocycles. The van der Waals surface area contributed by atoms with E-state index in [2.05, 4.69) is 0 Å². The summed E-state index contributed by atoms with van der Waals surface area (Å²) in [6.07, 6.45) is 2.27. The number of barbiturate groups is 1. The second-order valence-corrected chi connectivity index (χ2v) is 9.66. The van der Waals surface area contributed by atoms with Gasteiger partial charge in [0.05, 0.1) is 22.3 Å². The molecule has 186 valence electrons. The summed E-state index contributed by atoms with van der Waals surface area (Å²) in [5, 5.41) is 11.6. The summed E-state index contributed by atoms with van der Waals surface area (Å²) in [5.74, 6) is -1.18. The number of para-hydroxylation sites is 2. The molecule has 37 heavy (non-hydrogen) atoms. The highest BCUT2D eigenvalue weighted by Crippen LogP contribution is 2.50. The Hall–Kier alpha value is -4.53. The number of anilines is 3. The molecule has 0 saturated carbocycles. The molecule has 1 spiro atoms. The van der Waals surface area contributed by atoms with E-state index in [-0.39, 0.29) is 12.1 Å². The quantitative estimate of drug-likeness (QED) is 0.296. The highest BCUT2D eigenvalue weighted by molar-refractivity contribution is 6.39. The van der Waals surface area contributed by atoms with Gasteiger partial charge in [0.1, 0.15) is 0 Å². The van der Waals surface area contributed by atoms with E-state index in [0.717, 1.165) is 28.3 Å². The van der Waals surface area contributed by atoms with Gasteiger partial charge in [0, 0.05) is 30.8 Å². The maximum Gasteiger partial charge on any atom is 0.342 e. The molecule has 3 aromatic rings. The molecule has 0 aromatic heterocycles. The van der Waals surface area contributed by atoms with Crippen molar-refractivity contribution in [2.45, 2.75) is 31.7 Å². The average molecular weight is 497 g/mol. The number of imide groups is 2. The number of carbonyl (C=O) groups excluding carboxylic acids is 3. The Morgan fingerprint density at radius 3 is 1.97 bits per heavy atom. The minimum absolute atomic E-state index is 0.0250. The first-order valence-electron chi connectivity index (χ1n) is 12.3. The minimum atomic E-state index is -1.62. The third-order valence-corrected chi connectivity index (χ3v) is 7.71. The van der Waals surface area contributed by atoms with Crippen LogP contribution in [-0.4, -0.2) is 35.4 Å². The van der Waals surface area contributed by atoms with Crippen LogP contribution in [0, 0.1) is 15.5 Å². The molecule has 0 radical (unpaired) electrons. The van der Waals surface area contributed by atoms with Crippen molar-refractivity contribution < 1.29 is 19.3 Å². The lowest BCUT2D eigenvalue weighted by molar-refractivity contribution is -0.384. The van der Waals surface area contributed by atoms with Crippen molar-refractivity contribution in [2.75, 3.05) is 21.2 Å². The number of urea groups is 1. The van der Waals surface area contributed by atoms with Gasteiger partial charge in [-0.15, -0.1) is 0 Å². The van der Waals surface area contributed by atoms with E-state index < -0.39 is 34.2 Å². The summed E-state index contributed by atoms with van der Waals surface area (Å²) in [5.41, 5.74) is 0.383. The zero-order chi connectivity index (χ0) is 25.7. The van der Waals surface area contributed by atoms with Crippen molar-refractivity contribution in [2.24, 2.45) is 5.41 Å². The Balaban J connectivity index is 1.59. The summed E-state index contributed by atoms with van der Waals surface area (Å²) in [4.78, 5) is 58.1. The van der Waals surface area contributed by atoms with Crippen LogP contribution >= 0.6 is 0 Å². The van der Waals surface area contributed by atoms with E-state index in [9.17, 15) is 24.5 Å². The van der Waals surface area contributed by atoms with Gasteiger partial charge < -0.3 is 4.90 Å². The Bertz CT molecular complexity index is 1360. The molecule has 4 amide bonds. The SMILES string of the molecule is O=C1N(c2ccccc2)C(=O)C2(Cc3cc([N+](=O)[O-])ccc3N3CCCCC32)C(=O)N1c1ccccc1. The minimum Gasteiger partial charge on any atom is -0.367 e. The lowest BCUT2D eigenvalue weighted by Crippen LogP contribution is -2.73. The highest BCUT2D eigenvalue weighted by atomic mass is 16.6. The zero-order valence-corrected chi connectivity index (χ0v) is 19.9. The molecule has 9 heteroatoms. The number of benzene rings is 3. The van der Waals surface area contributed by atoms with Crippen molar-refractivity contribution >= 4 is 40.6 Å². The van der Waals surface area contributed by atoms with Gasteiger partial charge in [-0.25, -0.2) is 14.6 Å². The number of amides is 4. The van der Waals surface area contributed by atoms with Crippen molar-refractivity contribution in [1.82, 2.24) is 0 Å². The lowest BCUT2D eigenvalue weighted by Gasteiger charge is -2.55. The Kier molecular flexibility index (Phi) is 5.29. The number of nitrogens with zero attached hydrogens (tertiary/aromatic N) is 4. The fourth-order valence-corrected chi connectivity index (χ4v) is 6.07. The number of nitro benzene ring substituents is 1. The molecule has 6 rings (SSSR count). The van der Waals surface area contributed by atoms with E-state index in [1.165, 1.54) is 12.1 Å². The summed E-state index contributed by atoms with van der Waals surface area (Å²) in [6, 6.07) is 20.6. The van der Waals surface area contributed by atoms with Crippen molar-refractivity contribution in [3.05, 3.63) is 94.5 Å². The van der Waals surface area contributed by atoms with Crippen LogP contribution in [0.25, 0.3) is 0 Å². The van der Waals surface area contributed by atoms with Gasteiger partial charge in [-0.05, 0) is 55.2 Å². The molecule has 1 unspecified atom stereocenters. The molecule has 3 aliphatic rings. The maximum atomic E-state index is 14.5. The van der Waals surface area contributed by atoms with E-state index in [1.807, 2.05) is 4.90 Å². The smallest absolute Gasteiger partial charge is 0.342 e. The van der Waals surface area contributed by atoms with Gasteiger partial charge in [0.2, 0.25) is 0 Å². The maximum absolute atomic E-state index is 14.5. The molecular weight excluding hydrogens is 472 g/mol. The predicted molar refractivity (Wildman–Crippen MR) is 137 cm³/mol. The molecule has 2 saturated heterocycles. The number of non-ortho nitro benzene ring substituents is 1. The first-order valence-corrected chi connectivity index (χ1v) is 12.3. The normalized spacial score (nSPS) is 20.6. The van der Waals surface area contributed by atoms with Gasteiger partial charge in [-0.1, -0.05) is 36.4 Å². The third-order valence-electron chi connectivity index (χ3n) is 7.71. The fraction of sp³-hybridized carbons (Fsp3) is 0.250. The van der Waals surface area contributed by atoms with E-state index in [0.29, 0.717) is 29.9 Å². The molecular formula is C28H24N4O5. The lowest BCUT2D eigenvalue weighted by atomic mass is 9.65. The molecule has 3 aromatic carbocycles. The number of hydrogen-bond acceptors (Lipinski definition) is 6. The monoisotopic (exact) mass is 496 g/mol. The van der Waals surface area contributed by atoms with E-state index in [4.69, 9.17) is 0 Å². The van der Waals surface area contributed by atoms with Crippen LogP contribution in [0.3, 0.4) is 0 Å². The zero-order valence-electron chi connectivity index (χ0n) is 19.9. The van der Waals surface area contributed by atoms with Crippen molar-refractivity contribution in [3.8, 4) is 0 Å². The van der Waals surface area contributed by atoms with Crippen LogP contribution < -0.4 is 14.7 Å². The molecule has 2 fully saturated rings. The molecule has 0 bridgehead atoms. The summed E-state index contributed by atoms with van der Waals surface area (Å²) >= 11 is 0. The summed E-state index contributed by atoms with van der Waals surface area (Å²) in [7, 11) is 0. The fourth-order valence-electron chi connectivity index (χ4n) is 6.07. The van der Waals surface area contributed by atoms with Gasteiger partial charge in [-0.3, -0.25) is 19.7 Å². The first kappa shape index (κ1) is 22.9. The topological polar surface area (TPSA) is 104 Å². The van der Waals surface area contributed by atoms with Crippen LogP contribution in [0.1, 0.15) is 24.8 Å². The Labute approximate surface area is 213 Å². The molecule has 9 nitrogen and oxygen atoms in total. The van der Waals surface area contributed by atoms with Crippen molar-refractivity contribution in [3.63, 3.8) is 0 Å². The number of carbonyl (C=O) groups is 3. The van der Waals surface area contributed by atoms with Crippen LogP contribution in [0.15, 0.2) is 78.9 Å². The predicted octanol–water partition coefficient (Wildman–Crippen LogP) is 4.70. The number of piperidine rings is 1. The van der Waals surface area contributed by atoms with E-state index >= 15 is 0 Å². The largest absolute Gasteiger partial charge is 0.367 e. The molecule has 1 atom stereocenters. The highest BCUT2D eigenvalue weighted by Gasteiger charge is 2.65. The number of rotatable bonds is 3. The second-order valence-electron chi connectivity index (χ2n) is 9.66. The first-order chi connectivity index (χ1) is 17.9. The Morgan fingerprint density at radius 2 is 1.41 bits per heavy atom. The van der Waals surface area contributed by atoms with Gasteiger partial charge in [0.15, 0.2) is 5.41 Å². The molecule has 0 N–H and O–H groups in total. The van der Waals surface area contributed by atoms with Gasteiger partial charge in [-0.2, -0.15) is 0 Å². The van der Waals surface area contributed by atoms with Crippen molar-refractivity contribution in [1.29, 1.82) is 0 Å². The van der Waals surface area contributed by atoms with Crippen LogP contribution in [-0.2, 0) is 16.0 Å². The van der Waals surface area contributed by atoms with Gasteiger partial charge in [0.25, 0.3) is 17.5 Å². The summed E-state index contributed by atoms with van der Waals surface area (Å²) in [6.45, 7) is 0.614. The van der Waals surface area contributed by atoms with Crippen LogP contribution in [0.5, 0.6) is 0 Å². The molecule has 0 aliphatic carbocycles. The second kappa shape index (κ2) is 8.55. The number of fused-ring (bicyclic) bond motifs is 4. The van der Waals surface area contributed by atoms with E-state index in [1.54, 1.807) is 66.7 Å². The number of hydrogen-bond donors (Lipinski definition) is 0. The summed E-state index contributed by atoms with van der Waals surface area (Å²) < 4.78 is 0. The van der Waals surface area contributed by atoms with Crippen LogP contribution in [0.2, 0.25) is 0 Å².